The molecule has 2 aliphatic rings. The Hall–Kier alpha value is -2.43. The molecule has 4 rings (SSSR count). The van der Waals surface area contributed by atoms with Crippen molar-refractivity contribution < 1.29 is 31.5 Å². The summed E-state index contributed by atoms with van der Waals surface area (Å²) in [6.45, 7) is 0.384. The molecule has 11 heteroatoms. The fourth-order valence-corrected chi connectivity index (χ4v) is 6.43. The number of hydrogen-bond acceptors (Lipinski definition) is 6. The molecule has 0 unspecified atom stereocenters. The molecule has 208 valence electrons. The largest absolute Gasteiger partial charge is 0.492 e. The number of amides is 1. The molecule has 7 nitrogen and oxygen atoms in total. The number of carbonyl (C=O) groups is 1. The van der Waals surface area contributed by atoms with Crippen LogP contribution >= 0.6 is 11.6 Å². The van der Waals surface area contributed by atoms with Crippen molar-refractivity contribution in [3.63, 3.8) is 0 Å². The van der Waals surface area contributed by atoms with Crippen LogP contribution in [0.25, 0.3) is 0 Å². The lowest BCUT2D eigenvalue weighted by molar-refractivity contribution is 0.0620. The second kappa shape index (κ2) is 12.2. The normalized spacial score (nSPS) is 20.5. The molecule has 0 aromatic heterocycles. The first kappa shape index (κ1) is 28.6. The van der Waals surface area contributed by atoms with Gasteiger partial charge in [-0.1, -0.05) is 30.9 Å². The van der Waals surface area contributed by atoms with Gasteiger partial charge in [0.2, 0.25) is 0 Å². The monoisotopic (exact) mass is 570 g/mol. The summed E-state index contributed by atoms with van der Waals surface area (Å²) >= 11 is 6.17. The molecule has 2 atom stereocenters. The zero-order valence-electron chi connectivity index (χ0n) is 21.5. The summed E-state index contributed by atoms with van der Waals surface area (Å²) < 4.78 is 68.5. The van der Waals surface area contributed by atoms with E-state index in [4.69, 9.17) is 21.1 Å². The van der Waals surface area contributed by atoms with Gasteiger partial charge in [0.15, 0.2) is 0 Å². The minimum atomic E-state index is -4.65. The maximum atomic E-state index is 14.9. The van der Waals surface area contributed by atoms with Crippen LogP contribution in [0.4, 0.5) is 8.78 Å². The Morgan fingerprint density at radius 2 is 1.71 bits per heavy atom. The molecule has 2 aromatic carbocycles. The Morgan fingerprint density at radius 1 is 1.03 bits per heavy atom. The number of hydrogen-bond donors (Lipinski definition) is 1. The van der Waals surface area contributed by atoms with E-state index in [-0.39, 0.29) is 28.7 Å². The molecule has 0 heterocycles. The lowest BCUT2D eigenvalue weighted by atomic mass is 9.91. The number of nitrogens with zero attached hydrogens (tertiary/aromatic N) is 1. The summed E-state index contributed by atoms with van der Waals surface area (Å²) in [6.07, 6.45) is 7.97. The zero-order valence-corrected chi connectivity index (χ0v) is 23.1. The van der Waals surface area contributed by atoms with Gasteiger partial charge in [-0.25, -0.2) is 21.9 Å². The van der Waals surface area contributed by atoms with Gasteiger partial charge in [-0.2, -0.15) is 0 Å². The third-order valence-corrected chi connectivity index (χ3v) is 8.91. The van der Waals surface area contributed by atoms with Crippen LogP contribution < -0.4 is 14.2 Å². The average Bonchev–Trinajstić information content (AvgIpc) is 3.38. The summed E-state index contributed by atoms with van der Waals surface area (Å²) in [4.78, 5) is 14.0. The van der Waals surface area contributed by atoms with Gasteiger partial charge in [0, 0.05) is 18.2 Å². The van der Waals surface area contributed by atoms with Crippen molar-refractivity contribution in [2.75, 3.05) is 20.7 Å². The van der Waals surface area contributed by atoms with Crippen LogP contribution in [0.2, 0.25) is 5.02 Å². The SMILES string of the molecule is CN(C)[C@H]1CCCC[C@@H]1Oc1ccc(S(=O)(=O)NC(=O)c2cc(Cl)c(OCC3CCCC3)cc2F)c(F)c1. The van der Waals surface area contributed by atoms with Gasteiger partial charge in [-0.3, -0.25) is 4.79 Å². The minimum Gasteiger partial charge on any atom is -0.492 e. The summed E-state index contributed by atoms with van der Waals surface area (Å²) in [5.41, 5.74) is -0.598. The van der Waals surface area contributed by atoms with E-state index in [2.05, 4.69) is 4.90 Å². The molecule has 0 aliphatic heterocycles. The molecule has 0 radical (unpaired) electrons. The molecule has 2 fully saturated rings. The smallest absolute Gasteiger partial charge is 0.268 e. The Labute approximate surface area is 227 Å². The number of halogens is 3. The Balaban J connectivity index is 1.44. The Morgan fingerprint density at radius 3 is 2.39 bits per heavy atom. The second-order valence-corrected chi connectivity index (χ2v) is 12.3. The number of likely N-dealkylation sites (N-methyl/N-ethyl adjacent to an activating group) is 1. The molecule has 0 bridgehead atoms. The molecule has 0 spiro atoms. The second-order valence-electron chi connectivity index (χ2n) is 10.2. The molecule has 1 N–H and O–H groups in total. The van der Waals surface area contributed by atoms with E-state index in [0.29, 0.717) is 12.5 Å². The van der Waals surface area contributed by atoms with E-state index < -0.39 is 38.0 Å². The maximum absolute atomic E-state index is 14.9. The first-order valence-electron chi connectivity index (χ1n) is 12.9. The van der Waals surface area contributed by atoms with Crippen molar-refractivity contribution in [2.24, 2.45) is 5.92 Å². The summed E-state index contributed by atoms with van der Waals surface area (Å²) in [5.74, 6) is -2.73. The van der Waals surface area contributed by atoms with Gasteiger partial charge >= 0.3 is 0 Å². The predicted octanol–water partition coefficient (Wildman–Crippen LogP) is 5.56. The highest BCUT2D eigenvalue weighted by Crippen LogP contribution is 2.32. The Kier molecular flexibility index (Phi) is 9.15. The van der Waals surface area contributed by atoms with Gasteiger partial charge in [0.25, 0.3) is 15.9 Å². The van der Waals surface area contributed by atoms with E-state index in [0.717, 1.165) is 75.6 Å². The molecule has 2 saturated carbocycles. The first-order valence-corrected chi connectivity index (χ1v) is 14.7. The van der Waals surface area contributed by atoms with Gasteiger partial charge in [0.1, 0.15) is 34.1 Å². The molecule has 1 amide bonds. The van der Waals surface area contributed by atoms with Gasteiger partial charge in [-0.15, -0.1) is 0 Å². The molecule has 38 heavy (non-hydrogen) atoms. The van der Waals surface area contributed by atoms with Crippen molar-refractivity contribution in [1.29, 1.82) is 0 Å². The van der Waals surface area contributed by atoms with Crippen LogP contribution in [0.15, 0.2) is 35.2 Å². The van der Waals surface area contributed by atoms with E-state index >= 15 is 0 Å². The van der Waals surface area contributed by atoms with E-state index in [1.54, 1.807) is 4.72 Å². The van der Waals surface area contributed by atoms with Crippen LogP contribution in [-0.4, -0.2) is 52.1 Å². The lowest BCUT2D eigenvalue weighted by Gasteiger charge is -2.36. The van der Waals surface area contributed by atoms with Crippen LogP contribution in [0.1, 0.15) is 61.7 Å². The Bertz CT molecular complexity index is 1270. The number of carbonyl (C=O) groups excluding carboxylic acids is 1. The molecular formula is C27H33ClF2N2O5S. The molecule has 0 saturated heterocycles. The van der Waals surface area contributed by atoms with E-state index in [1.165, 1.54) is 6.07 Å². The summed E-state index contributed by atoms with van der Waals surface area (Å²) in [7, 11) is -0.739. The highest BCUT2D eigenvalue weighted by molar-refractivity contribution is 7.90. The van der Waals surface area contributed by atoms with Gasteiger partial charge in [0.05, 0.1) is 17.2 Å². The fourth-order valence-electron chi connectivity index (χ4n) is 5.18. The number of nitrogens with one attached hydrogen (secondary N) is 1. The van der Waals surface area contributed by atoms with Crippen LogP contribution in [-0.2, 0) is 10.0 Å². The highest BCUT2D eigenvalue weighted by Gasteiger charge is 2.30. The number of sulfonamides is 1. The van der Waals surface area contributed by atoms with Crippen molar-refractivity contribution in [2.45, 2.75) is 68.4 Å². The molecule has 2 aliphatic carbocycles. The van der Waals surface area contributed by atoms with Crippen molar-refractivity contribution in [3.8, 4) is 11.5 Å². The van der Waals surface area contributed by atoms with Crippen molar-refractivity contribution in [1.82, 2.24) is 9.62 Å². The van der Waals surface area contributed by atoms with E-state index in [9.17, 15) is 22.0 Å². The number of rotatable bonds is 9. The van der Waals surface area contributed by atoms with Gasteiger partial charge in [-0.05, 0) is 70.3 Å². The first-order chi connectivity index (χ1) is 18.0. The van der Waals surface area contributed by atoms with Crippen LogP contribution in [0.3, 0.4) is 0 Å². The van der Waals surface area contributed by atoms with Gasteiger partial charge < -0.3 is 14.4 Å². The topological polar surface area (TPSA) is 84.9 Å². The lowest BCUT2D eigenvalue weighted by Crippen LogP contribution is -2.44. The third kappa shape index (κ3) is 6.76. The maximum Gasteiger partial charge on any atom is 0.268 e. The number of benzene rings is 2. The van der Waals surface area contributed by atoms with Crippen molar-refractivity contribution >= 4 is 27.5 Å². The van der Waals surface area contributed by atoms with Crippen LogP contribution in [0, 0.1) is 17.6 Å². The van der Waals surface area contributed by atoms with E-state index in [1.807, 2.05) is 14.1 Å². The quantitative estimate of drug-likeness (QED) is 0.425. The zero-order chi connectivity index (χ0) is 27.4. The predicted molar refractivity (Wildman–Crippen MR) is 140 cm³/mol. The number of ether oxygens (including phenoxy) is 2. The van der Waals surface area contributed by atoms with Crippen LogP contribution in [0.5, 0.6) is 11.5 Å². The molecule has 2 aromatic rings. The fraction of sp³-hybridized carbons (Fsp3) is 0.519. The molecular weight excluding hydrogens is 538 g/mol. The summed E-state index contributed by atoms with van der Waals surface area (Å²) in [6, 6.07) is 5.47. The summed E-state index contributed by atoms with van der Waals surface area (Å²) in [5, 5.41) is -0.0293. The standard InChI is InChI=1S/C27H33ClF2N2O5S/c1-32(2)23-9-5-6-10-24(23)37-18-11-12-26(22(30)13-18)38(34,35)31-27(33)19-14-20(28)25(15-21(19)29)36-16-17-7-3-4-8-17/h11-15,17,23-24H,3-10,16H2,1-2H3,(H,31,33)/t23-,24-/m0/s1. The average molecular weight is 571 g/mol. The van der Waals surface area contributed by atoms with Crippen molar-refractivity contribution in [3.05, 3.63) is 52.6 Å². The highest BCUT2D eigenvalue weighted by atomic mass is 35.5. The third-order valence-electron chi connectivity index (χ3n) is 7.25. The minimum absolute atomic E-state index is 0.0293.